The maximum Gasteiger partial charge on any atom is 0.345 e. The Bertz CT molecular complexity index is 317. The Morgan fingerprint density at radius 2 is 1.29 bits per heavy atom. The molecule has 0 radical (unpaired) electrons. The van der Waals surface area contributed by atoms with Gasteiger partial charge in [0.15, 0.2) is 0 Å². The lowest BCUT2D eigenvalue weighted by Crippen LogP contribution is -2.49. The van der Waals surface area contributed by atoms with Crippen LogP contribution in [-0.4, -0.2) is 37.4 Å². The van der Waals surface area contributed by atoms with E-state index in [1.807, 2.05) is 0 Å². The van der Waals surface area contributed by atoms with Crippen molar-refractivity contribution >= 4 is 0 Å². The minimum Gasteiger partial charge on any atom is -0.313 e. The van der Waals surface area contributed by atoms with Crippen molar-refractivity contribution in [2.45, 2.75) is 70.0 Å². The quantitative estimate of drug-likeness (QED) is 0.701. The van der Waals surface area contributed by atoms with Crippen LogP contribution in [0.3, 0.4) is 0 Å². The summed E-state index contributed by atoms with van der Waals surface area (Å²) in [6.45, 7) is -1.53. The molecule has 4 atom stereocenters. The van der Waals surface area contributed by atoms with Gasteiger partial charge in [0, 0.05) is 5.92 Å². The number of ether oxygens (including phenoxy) is 1. The van der Waals surface area contributed by atoms with Crippen LogP contribution >= 0.6 is 0 Å². The predicted octanol–water partition coefficient (Wildman–Crippen LogP) is 4.40. The van der Waals surface area contributed by atoms with Crippen molar-refractivity contribution in [3.05, 3.63) is 0 Å². The van der Waals surface area contributed by atoms with Gasteiger partial charge in [0.2, 0.25) is 0 Å². The predicted molar refractivity (Wildman–Crippen MR) is 65.1 cm³/mol. The summed E-state index contributed by atoms with van der Waals surface area (Å²) >= 11 is 0. The van der Waals surface area contributed by atoms with E-state index in [4.69, 9.17) is 0 Å². The number of alkyl halides is 6. The molecule has 0 N–H and O–H groups in total. The number of halogens is 6. The van der Waals surface area contributed by atoms with Gasteiger partial charge in [-0.1, -0.05) is 6.92 Å². The number of hydrogen-bond acceptors (Lipinski definition) is 1. The second-order valence-electron chi connectivity index (χ2n) is 6.31. The summed E-state index contributed by atoms with van der Waals surface area (Å²) in [6.07, 6.45) is -8.99. The van der Waals surface area contributed by atoms with Crippen molar-refractivity contribution in [1.82, 2.24) is 0 Å². The van der Waals surface area contributed by atoms with Gasteiger partial charge in [0.05, 0.1) is 0 Å². The zero-order chi connectivity index (χ0) is 15.7. The summed E-state index contributed by atoms with van der Waals surface area (Å²) in [4.78, 5) is 0. The Morgan fingerprint density at radius 3 is 1.71 bits per heavy atom. The molecule has 1 nitrogen and oxygen atoms in total. The molecule has 2 rings (SSSR count). The fraction of sp³-hybridized carbons (Fsp3) is 1.00. The molecule has 21 heavy (non-hydrogen) atoms. The molecule has 0 spiro atoms. The molecule has 0 aromatic heterocycles. The lowest BCUT2D eigenvalue weighted by atomic mass is 9.68. The van der Waals surface area contributed by atoms with Crippen LogP contribution in [0.5, 0.6) is 0 Å². The largest absolute Gasteiger partial charge is 0.345 e. The van der Waals surface area contributed by atoms with E-state index >= 15 is 0 Å². The Balaban J connectivity index is 2.03. The molecule has 0 heterocycles. The van der Waals surface area contributed by atoms with Gasteiger partial charge in [0.25, 0.3) is 0 Å². The third-order valence-electron chi connectivity index (χ3n) is 4.66. The second-order valence-corrected chi connectivity index (χ2v) is 6.31. The van der Waals surface area contributed by atoms with Crippen LogP contribution in [0.25, 0.3) is 0 Å². The Hall–Kier alpha value is -0.460. The van der Waals surface area contributed by atoms with Gasteiger partial charge < -0.3 is 4.74 Å². The van der Waals surface area contributed by atoms with Gasteiger partial charge in [-0.15, -0.1) is 0 Å². The molecule has 2 aliphatic rings. The molecule has 2 saturated carbocycles. The Kier molecular flexibility index (Phi) is 5.43. The Morgan fingerprint density at radius 1 is 0.810 bits per heavy atom. The van der Waals surface area contributed by atoms with Crippen molar-refractivity contribution in [1.29, 1.82) is 0 Å². The third kappa shape index (κ3) is 3.85. The van der Waals surface area contributed by atoms with Crippen LogP contribution < -0.4 is 0 Å². The van der Waals surface area contributed by atoms with Crippen LogP contribution in [0, 0.1) is 17.8 Å². The van der Waals surface area contributed by atoms with E-state index < -0.39 is 49.2 Å². The summed E-state index contributed by atoms with van der Waals surface area (Å²) in [5.74, 6) is -1.97. The van der Waals surface area contributed by atoms with E-state index in [-0.39, 0.29) is 31.6 Å². The van der Waals surface area contributed by atoms with Gasteiger partial charge in [-0.2, -0.15) is 8.78 Å². The molecule has 7 heteroatoms. The van der Waals surface area contributed by atoms with Crippen LogP contribution in [0.15, 0.2) is 0 Å². The van der Waals surface area contributed by atoms with Crippen LogP contribution in [0.1, 0.15) is 32.6 Å². The highest BCUT2D eigenvalue weighted by Crippen LogP contribution is 2.44. The maximum absolute atomic E-state index is 14.1. The molecule has 2 aliphatic carbocycles. The molecular weight excluding hydrogens is 298 g/mol. The lowest BCUT2D eigenvalue weighted by Gasteiger charge is -2.42. The van der Waals surface area contributed by atoms with Gasteiger partial charge in [-0.25, -0.2) is 17.6 Å². The average molecular weight is 318 g/mol. The highest BCUT2D eigenvalue weighted by atomic mass is 19.3. The highest BCUT2D eigenvalue weighted by Gasteiger charge is 2.48. The average Bonchev–Trinajstić information content (AvgIpc) is 2.32. The summed E-state index contributed by atoms with van der Waals surface area (Å²) in [5, 5.41) is 0. The third-order valence-corrected chi connectivity index (χ3v) is 4.66. The molecule has 0 aliphatic heterocycles. The molecule has 4 unspecified atom stereocenters. The first-order valence-corrected chi connectivity index (χ1v) is 7.29. The molecule has 0 saturated heterocycles. The highest BCUT2D eigenvalue weighted by molar-refractivity contribution is 4.96. The minimum absolute atomic E-state index is 0.105. The van der Waals surface area contributed by atoms with E-state index in [2.05, 4.69) is 4.74 Å². The van der Waals surface area contributed by atoms with Gasteiger partial charge >= 0.3 is 6.61 Å². The first-order chi connectivity index (χ1) is 9.79. The van der Waals surface area contributed by atoms with Gasteiger partial charge in [-0.05, 0) is 37.5 Å². The molecular formula is C14H20F6O. The number of rotatable bonds is 3. The fourth-order valence-corrected chi connectivity index (χ4v) is 3.77. The smallest absolute Gasteiger partial charge is 0.313 e. The number of hydrogen-bond donors (Lipinski definition) is 0. The zero-order valence-electron chi connectivity index (χ0n) is 11.7. The minimum atomic E-state index is -3.26. The molecule has 0 aromatic carbocycles. The van der Waals surface area contributed by atoms with Crippen LogP contribution in [0.4, 0.5) is 26.3 Å². The summed E-state index contributed by atoms with van der Waals surface area (Å²) < 4.78 is 84.0. The molecule has 0 aromatic rings. The van der Waals surface area contributed by atoms with Crippen molar-refractivity contribution in [2.24, 2.45) is 17.8 Å². The summed E-state index contributed by atoms with van der Waals surface area (Å²) in [5.41, 5.74) is 0. The normalized spacial score (nSPS) is 48.6. The Labute approximate surface area is 120 Å². The molecule has 2 fully saturated rings. The van der Waals surface area contributed by atoms with Crippen molar-refractivity contribution in [2.75, 3.05) is 0 Å². The maximum atomic E-state index is 14.1. The monoisotopic (exact) mass is 318 g/mol. The second kappa shape index (κ2) is 6.75. The first-order valence-electron chi connectivity index (χ1n) is 7.29. The molecule has 0 bridgehead atoms. The fourth-order valence-electron chi connectivity index (χ4n) is 3.77. The first kappa shape index (κ1) is 16.9. The molecule has 124 valence electrons. The zero-order valence-corrected chi connectivity index (χ0v) is 11.7. The van der Waals surface area contributed by atoms with Crippen LogP contribution in [-0.2, 0) is 4.74 Å². The van der Waals surface area contributed by atoms with Gasteiger partial charge in [-0.3, -0.25) is 0 Å². The van der Waals surface area contributed by atoms with E-state index in [9.17, 15) is 26.3 Å². The van der Waals surface area contributed by atoms with E-state index in [1.165, 1.54) is 0 Å². The lowest BCUT2D eigenvalue weighted by molar-refractivity contribution is -0.210. The van der Waals surface area contributed by atoms with E-state index in [0.717, 1.165) is 0 Å². The standard InChI is InChI=1S/C14H20F6O/c1-6-2-8(15)12(9(16)3-6)7-4-10(17)13(11(18)5-7)21-14(19)20/h6-14H,2-5H2,1H3. The van der Waals surface area contributed by atoms with E-state index in [0.29, 0.717) is 0 Å². The van der Waals surface area contributed by atoms with Crippen molar-refractivity contribution in [3.8, 4) is 0 Å². The SMILES string of the molecule is CC1CC(F)C(C2CC(F)C(OC(F)F)C(F)C2)C(F)C1. The van der Waals surface area contributed by atoms with Crippen LogP contribution in [0.2, 0.25) is 0 Å². The van der Waals surface area contributed by atoms with Crippen molar-refractivity contribution in [3.63, 3.8) is 0 Å². The molecule has 0 amide bonds. The summed E-state index contributed by atoms with van der Waals surface area (Å²) in [7, 11) is 0. The van der Waals surface area contributed by atoms with E-state index in [1.54, 1.807) is 6.92 Å². The van der Waals surface area contributed by atoms with Crippen molar-refractivity contribution < 1.29 is 31.1 Å². The van der Waals surface area contributed by atoms with Gasteiger partial charge in [0.1, 0.15) is 30.8 Å². The topological polar surface area (TPSA) is 9.23 Å². The summed E-state index contributed by atoms with van der Waals surface area (Å²) in [6, 6.07) is 0.